The number of aryl methyl sites for hydroxylation is 1. The number of carbonyl (C=O) groups excluding carboxylic acids is 1. The van der Waals surface area contributed by atoms with E-state index in [9.17, 15) is 10.1 Å². The van der Waals surface area contributed by atoms with Crippen LogP contribution in [0.15, 0.2) is 12.1 Å². The van der Waals surface area contributed by atoms with Gasteiger partial charge in [0.05, 0.1) is 25.4 Å². The van der Waals surface area contributed by atoms with E-state index in [-0.39, 0.29) is 5.91 Å². The van der Waals surface area contributed by atoms with Gasteiger partial charge in [0, 0.05) is 10.4 Å². The van der Waals surface area contributed by atoms with Gasteiger partial charge < -0.3 is 19.5 Å². The summed E-state index contributed by atoms with van der Waals surface area (Å²) >= 11 is 1.51. The zero-order chi connectivity index (χ0) is 20.8. The van der Waals surface area contributed by atoms with Crippen molar-refractivity contribution in [1.29, 1.82) is 5.26 Å². The molecule has 0 spiro atoms. The maximum atomic E-state index is 13.0. The first-order valence-electron chi connectivity index (χ1n) is 10.0. The van der Waals surface area contributed by atoms with Gasteiger partial charge in [-0.2, -0.15) is 5.26 Å². The summed E-state index contributed by atoms with van der Waals surface area (Å²) in [6, 6.07) is 5.59. The first-order valence-corrected chi connectivity index (χ1v) is 10.9. The van der Waals surface area contributed by atoms with Gasteiger partial charge in [-0.3, -0.25) is 4.79 Å². The van der Waals surface area contributed by atoms with Gasteiger partial charge in [-0.15, -0.1) is 11.3 Å². The molecule has 1 heterocycles. The summed E-state index contributed by atoms with van der Waals surface area (Å²) in [5.41, 5.74) is 2.09. The van der Waals surface area contributed by atoms with Crippen LogP contribution in [0.5, 0.6) is 17.2 Å². The van der Waals surface area contributed by atoms with E-state index in [2.05, 4.69) is 11.4 Å². The van der Waals surface area contributed by atoms with Crippen LogP contribution in [0.1, 0.15) is 60.0 Å². The number of rotatable bonds is 8. The van der Waals surface area contributed by atoms with Crippen LogP contribution in [-0.4, -0.2) is 25.7 Å². The highest BCUT2D eigenvalue weighted by Crippen LogP contribution is 2.41. The molecule has 0 atom stereocenters. The SMILES string of the molecule is CCOc1cc(C(=O)Nc2sc3c(c2C#N)CCCC3)cc(OCC)c1OCC. The Labute approximate surface area is 175 Å². The molecule has 2 aromatic rings. The molecular formula is C22H26N2O4S. The number of benzene rings is 1. The van der Waals surface area contributed by atoms with Crippen LogP contribution in [0.3, 0.4) is 0 Å². The van der Waals surface area contributed by atoms with E-state index in [4.69, 9.17) is 14.2 Å². The predicted molar refractivity (Wildman–Crippen MR) is 114 cm³/mol. The maximum Gasteiger partial charge on any atom is 0.256 e. The van der Waals surface area contributed by atoms with Crippen LogP contribution in [0.2, 0.25) is 0 Å². The van der Waals surface area contributed by atoms with Gasteiger partial charge in [-0.1, -0.05) is 0 Å². The Bertz CT molecular complexity index is 903. The number of amides is 1. The molecule has 0 aliphatic heterocycles. The lowest BCUT2D eigenvalue weighted by Crippen LogP contribution is -2.13. The molecule has 154 valence electrons. The van der Waals surface area contributed by atoms with Gasteiger partial charge in [0.1, 0.15) is 11.1 Å². The number of nitriles is 1. The minimum Gasteiger partial charge on any atom is -0.490 e. The molecule has 29 heavy (non-hydrogen) atoms. The van der Waals surface area contributed by atoms with Crippen molar-refractivity contribution in [3.05, 3.63) is 33.7 Å². The number of nitrogens with zero attached hydrogens (tertiary/aromatic N) is 1. The Kier molecular flexibility index (Phi) is 6.99. The first kappa shape index (κ1) is 21.0. The largest absolute Gasteiger partial charge is 0.490 e. The van der Waals surface area contributed by atoms with E-state index >= 15 is 0 Å². The quantitative estimate of drug-likeness (QED) is 0.661. The summed E-state index contributed by atoms with van der Waals surface area (Å²) in [5.74, 6) is 1.13. The summed E-state index contributed by atoms with van der Waals surface area (Å²) in [6.45, 7) is 6.96. The summed E-state index contributed by atoms with van der Waals surface area (Å²) in [5, 5.41) is 13.2. The Balaban J connectivity index is 1.95. The second-order valence-electron chi connectivity index (χ2n) is 6.58. The van der Waals surface area contributed by atoms with Crippen molar-refractivity contribution in [2.24, 2.45) is 0 Å². The highest BCUT2D eigenvalue weighted by Gasteiger charge is 2.23. The number of anilines is 1. The zero-order valence-electron chi connectivity index (χ0n) is 17.1. The van der Waals surface area contributed by atoms with E-state index < -0.39 is 0 Å². The molecular weight excluding hydrogens is 388 g/mol. The average Bonchev–Trinajstić information content (AvgIpc) is 3.07. The number of fused-ring (bicyclic) bond motifs is 1. The summed E-state index contributed by atoms with van der Waals surface area (Å²) in [6.07, 6.45) is 4.08. The molecule has 3 rings (SSSR count). The van der Waals surface area contributed by atoms with Crippen molar-refractivity contribution in [3.63, 3.8) is 0 Å². The van der Waals surface area contributed by atoms with Crippen LogP contribution in [0.4, 0.5) is 5.00 Å². The number of hydrogen-bond acceptors (Lipinski definition) is 6. The van der Waals surface area contributed by atoms with Gasteiger partial charge >= 0.3 is 0 Å². The minimum atomic E-state index is -0.301. The Morgan fingerprint density at radius 2 is 1.69 bits per heavy atom. The van der Waals surface area contributed by atoms with E-state index in [1.165, 1.54) is 16.2 Å². The second-order valence-corrected chi connectivity index (χ2v) is 7.69. The topological polar surface area (TPSA) is 80.6 Å². The highest BCUT2D eigenvalue weighted by atomic mass is 32.1. The number of nitrogens with one attached hydrogen (secondary N) is 1. The van der Waals surface area contributed by atoms with Crippen LogP contribution in [0, 0.1) is 11.3 Å². The van der Waals surface area contributed by atoms with Crippen molar-refractivity contribution in [2.75, 3.05) is 25.1 Å². The standard InChI is InChI=1S/C22H26N2O4S/c1-4-26-17-11-14(12-18(27-5-2)20(17)28-6-3)21(25)24-22-16(13-23)15-9-7-8-10-19(15)29-22/h11-12H,4-10H2,1-3H3,(H,24,25). The molecule has 7 heteroatoms. The lowest BCUT2D eigenvalue weighted by atomic mass is 9.96. The Morgan fingerprint density at radius 3 is 2.28 bits per heavy atom. The van der Waals surface area contributed by atoms with Gasteiger partial charge in [0.25, 0.3) is 5.91 Å². The fraction of sp³-hybridized carbons (Fsp3) is 0.455. The molecule has 1 amide bonds. The number of thiophene rings is 1. The fourth-order valence-corrected chi connectivity index (χ4v) is 4.70. The minimum absolute atomic E-state index is 0.301. The molecule has 0 fully saturated rings. The fourth-order valence-electron chi connectivity index (χ4n) is 3.47. The molecule has 0 saturated carbocycles. The lowest BCUT2D eigenvalue weighted by molar-refractivity contribution is 0.102. The van der Waals surface area contributed by atoms with Crippen LogP contribution in [0.25, 0.3) is 0 Å². The molecule has 0 radical (unpaired) electrons. The van der Waals surface area contributed by atoms with E-state index in [1.54, 1.807) is 12.1 Å². The third-order valence-corrected chi connectivity index (χ3v) is 5.89. The summed E-state index contributed by atoms with van der Waals surface area (Å²) in [4.78, 5) is 14.2. The van der Waals surface area contributed by atoms with Crippen LogP contribution < -0.4 is 19.5 Å². The number of ether oxygens (including phenoxy) is 3. The second kappa shape index (κ2) is 9.66. The third kappa shape index (κ3) is 4.48. The van der Waals surface area contributed by atoms with E-state index in [0.29, 0.717) is 53.2 Å². The molecule has 1 aliphatic carbocycles. The van der Waals surface area contributed by atoms with Crippen molar-refractivity contribution < 1.29 is 19.0 Å². The van der Waals surface area contributed by atoms with Gasteiger partial charge in [-0.25, -0.2) is 0 Å². The first-order chi connectivity index (χ1) is 14.1. The van der Waals surface area contributed by atoms with Crippen molar-refractivity contribution >= 4 is 22.2 Å². The Morgan fingerprint density at radius 1 is 1.07 bits per heavy atom. The lowest BCUT2D eigenvalue weighted by Gasteiger charge is -2.17. The highest BCUT2D eigenvalue weighted by molar-refractivity contribution is 7.16. The van der Waals surface area contributed by atoms with Gasteiger partial charge in [0.2, 0.25) is 5.75 Å². The van der Waals surface area contributed by atoms with Crippen molar-refractivity contribution in [1.82, 2.24) is 0 Å². The van der Waals surface area contributed by atoms with Gasteiger partial charge in [0.15, 0.2) is 11.5 Å². The normalized spacial score (nSPS) is 12.6. The molecule has 1 aromatic heterocycles. The molecule has 6 nitrogen and oxygen atoms in total. The Hall–Kier alpha value is -2.72. The number of hydrogen-bond donors (Lipinski definition) is 1. The third-order valence-electron chi connectivity index (χ3n) is 4.68. The molecule has 1 N–H and O–H groups in total. The molecule has 0 unspecified atom stereocenters. The zero-order valence-corrected chi connectivity index (χ0v) is 17.9. The smallest absolute Gasteiger partial charge is 0.256 e. The summed E-state index contributed by atoms with van der Waals surface area (Å²) in [7, 11) is 0. The maximum absolute atomic E-state index is 13.0. The predicted octanol–water partition coefficient (Wildman–Crippen LogP) is 4.95. The molecule has 1 aromatic carbocycles. The van der Waals surface area contributed by atoms with E-state index in [0.717, 1.165) is 31.2 Å². The van der Waals surface area contributed by atoms with Crippen LogP contribution in [-0.2, 0) is 12.8 Å². The van der Waals surface area contributed by atoms with Crippen molar-refractivity contribution in [2.45, 2.75) is 46.5 Å². The summed E-state index contributed by atoms with van der Waals surface area (Å²) < 4.78 is 17.1. The monoisotopic (exact) mass is 414 g/mol. The number of carbonyl (C=O) groups is 1. The molecule has 0 bridgehead atoms. The van der Waals surface area contributed by atoms with Crippen molar-refractivity contribution in [3.8, 4) is 23.3 Å². The molecule has 0 saturated heterocycles. The van der Waals surface area contributed by atoms with E-state index in [1.807, 2.05) is 20.8 Å². The average molecular weight is 415 g/mol. The van der Waals surface area contributed by atoms with Crippen LogP contribution >= 0.6 is 11.3 Å². The molecule has 1 aliphatic rings. The van der Waals surface area contributed by atoms with Gasteiger partial charge in [-0.05, 0) is 64.2 Å².